The summed E-state index contributed by atoms with van der Waals surface area (Å²) in [5.74, 6) is -0.145. The van der Waals surface area contributed by atoms with Gasteiger partial charge in [-0.05, 0) is 34.1 Å². The molecule has 5 nitrogen and oxygen atoms in total. The van der Waals surface area contributed by atoms with Gasteiger partial charge in [-0.2, -0.15) is 5.10 Å². The number of amides is 1. The Labute approximate surface area is 109 Å². The molecule has 0 aliphatic rings. The maximum atomic E-state index is 12.3. The molecule has 0 spiro atoms. The monoisotopic (exact) mass is 252 g/mol. The molecule has 0 unspecified atom stereocenters. The van der Waals surface area contributed by atoms with E-state index in [2.05, 4.69) is 17.3 Å². The number of carbonyl (C=O) groups is 1. The molecule has 18 heavy (non-hydrogen) atoms. The summed E-state index contributed by atoms with van der Waals surface area (Å²) in [6.07, 6.45) is 1.95. The summed E-state index contributed by atoms with van der Waals surface area (Å²) in [6, 6.07) is 0. The Balaban J connectivity index is 2.97. The molecule has 1 amide bonds. The summed E-state index contributed by atoms with van der Waals surface area (Å²) in [5, 5.41) is 7.28. The topological polar surface area (TPSA) is 72.9 Å². The Morgan fingerprint density at radius 1 is 1.44 bits per heavy atom. The first-order chi connectivity index (χ1) is 8.32. The average molecular weight is 252 g/mol. The van der Waals surface area contributed by atoms with Crippen LogP contribution in [0.5, 0.6) is 0 Å². The molecular weight excluding hydrogens is 228 g/mol. The zero-order valence-electron chi connectivity index (χ0n) is 12.0. The van der Waals surface area contributed by atoms with E-state index in [1.807, 2.05) is 27.7 Å². The Morgan fingerprint density at radius 2 is 2.06 bits per heavy atom. The van der Waals surface area contributed by atoms with Crippen molar-refractivity contribution >= 4 is 11.6 Å². The lowest BCUT2D eigenvalue weighted by molar-refractivity contribution is 0.0899. The van der Waals surface area contributed by atoms with Gasteiger partial charge in [-0.1, -0.05) is 13.3 Å². The van der Waals surface area contributed by atoms with E-state index in [-0.39, 0.29) is 11.4 Å². The molecule has 0 aliphatic heterocycles. The normalized spacial score (nSPS) is 11.6. The number of anilines is 1. The Morgan fingerprint density at radius 3 is 2.56 bits per heavy atom. The van der Waals surface area contributed by atoms with Gasteiger partial charge in [-0.15, -0.1) is 0 Å². The van der Waals surface area contributed by atoms with Crippen molar-refractivity contribution in [3.05, 3.63) is 11.4 Å². The number of nitrogens with one attached hydrogen (secondary N) is 1. The first kappa shape index (κ1) is 14.5. The fourth-order valence-electron chi connectivity index (χ4n) is 2.12. The average Bonchev–Trinajstić information content (AvgIpc) is 2.54. The molecule has 0 aliphatic carbocycles. The van der Waals surface area contributed by atoms with E-state index in [9.17, 15) is 4.79 Å². The Hall–Kier alpha value is -1.52. The highest BCUT2D eigenvalue weighted by Crippen LogP contribution is 2.18. The summed E-state index contributed by atoms with van der Waals surface area (Å²) < 4.78 is 1.65. The van der Waals surface area contributed by atoms with Crippen molar-refractivity contribution < 1.29 is 4.79 Å². The minimum absolute atomic E-state index is 0.145. The van der Waals surface area contributed by atoms with Gasteiger partial charge in [0, 0.05) is 12.1 Å². The minimum Gasteiger partial charge on any atom is -0.395 e. The fraction of sp³-hybridized carbons (Fsp3) is 0.692. The van der Waals surface area contributed by atoms with Gasteiger partial charge in [0.2, 0.25) is 0 Å². The van der Waals surface area contributed by atoms with E-state index >= 15 is 0 Å². The van der Waals surface area contributed by atoms with Crippen molar-refractivity contribution in [1.82, 2.24) is 15.1 Å². The predicted octanol–water partition coefficient (Wildman–Crippen LogP) is 2.10. The Kier molecular flexibility index (Phi) is 4.38. The highest BCUT2D eigenvalue weighted by molar-refractivity contribution is 5.98. The summed E-state index contributed by atoms with van der Waals surface area (Å²) in [6.45, 7) is 10.5. The molecule has 1 aromatic rings. The van der Waals surface area contributed by atoms with Gasteiger partial charge in [-0.3, -0.25) is 9.48 Å². The number of carbonyl (C=O) groups excluding carboxylic acids is 1. The maximum absolute atomic E-state index is 12.3. The van der Waals surface area contributed by atoms with Crippen LogP contribution in [0.4, 0.5) is 5.69 Å². The fourth-order valence-corrected chi connectivity index (χ4v) is 2.12. The van der Waals surface area contributed by atoms with Crippen LogP contribution in [-0.2, 0) is 6.54 Å². The van der Waals surface area contributed by atoms with Crippen LogP contribution in [-0.4, -0.2) is 21.2 Å². The molecule has 0 bridgehead atoms. The van der Waals surface area contributed by atoms with Crippen LogP contribution in [0.3, 0.4) is 0 Å². The predicted molar refractivity (Wildman–Crippen MR) is 73.5 cm³/mol. The molecule has 1 heterocycles. The van der Waals surface area contributed by atoms with Gasteiger partial charge in [0.05, 0.1) is 11.4 Å². The molecule has 0 saturated carbocycles. The van der Waals surface area contributed by atoms with Crippen LogP contribution in [0, 0.1) is 6.92 Å². The summed E-state index contributed by atoms with van der Waals surface area (Å²) >= 11 is 0. The summed E-state index contributed by atoms with van der Waals surface area (Å²) in [4.78, 5) is 12.3. The van der Waals surface area contributed by atoms with Crippen molar-refractivity contribution in [3.63, 3.8) is 0 Å². The van der Waals surface area contributed by atoms with E-state index in [0.717, 1.165) is 12.8 Å². The quantitative estimate of drug-likeness (QED) is 0.843. The first-order valence-corrected chi connectivity index (χ1v) is 6.47. The van der Waals surface area contributed by atoms with Gasteiger partial charge in [0.15, 0.2) is 0 Å². The van der Waals surface area contributed by atoms with Gasteiger partial charge >= 0.3 is 0 Å². The largest absolute Gasteiger partial charge is 0.395 e. The highest BCUT2D eigenvalue weighted by atomic mass is 16.2. The summed E-state index contributed by atoms with van der Waals surface area (Å²) in [7, 11) is 0. The lowest BCUT2D eigenvalue weighted by Crippen LogP contribution is -2.44. The van der Waals surface area contributed by atoms with Crippen LogP contribution in [0.15, 0.2) is 0 Å². The van der Waals surface area contributed by atoms with E-state index in [1.165, 1.54) is 0 Å². The van der Waals surface area contributed by atoms with E-state index in [4.69, 9.17) is 5.73 Å². The molecule has 3 N–H and O–H groups in total. The zero-order chi connectivity index (χ0) is 13.9. The molecule has 0 atom stereocenters. The number of aryl methyl sites for hydroxylation is 2. The maximum Gasteiger partial charge on any atom is 0.272 e. The molecule has 1 aromatic heterocycles. The van der Waals surface area contributed by atoms with Gasteiger partial charge < -0.3 is 11.1 Å². The lowest BCUT2D eigenvalue weighted by atomic mass is 9.98. The highest BCUT2D eigenvalue weighted by Gasteiger charge is 2.25. The molecule has 0 radical (unpaired) electrons. The van der Waals surface area contributed by atoms with E-state index in [1.54, 1.807) is 4.68 Å². The number of rotatable bonds is 5. The number of nitrogens with two attached hydrogens (primary N) is 1. The van der Waals surface area contributed by atoms with Crippen LogP contribution in [0.1, 0.15) is 56.7 Å². The van der Waals surface area contributed by atoms with Crippen LogP contribution < -0.4 is 11.1 Å². The standard InChI is InChI=1S/C13H24N4O/c1-6-8-13(4,5)15-12(18)11-10(14)9(3)16-17(11)7-2/h6-8,14H2,1-5H3,(H,15,18). The minimum atomic E-state index is -0.227. The number of hydrogen-bond acceptors (Lipinski definition) is 3. The lowest BCUT2D eigenvalue weighted by Gasteiger charge is -2.25. The third kappa shape index (κ3) is 3.03. The van der Waals surface area contributed by atoms with Crippen molar-refractivity contribution in [2.24, 2.45) is 0 Å². The molecule has 102 valence electrons. The molecule has 0 fully saturated rings. The Bertz CT molecular complexity index is 434. The third-order valence-electron chi connectivity index (χ3n) is 3.02. The number of nitrogen functional groups attached to an aromatic ring is 1. The molecule has 0 aromatic carbocycles. The molecule has 1 rings (SSSR count). The van der Waals surface area contributed by atoms with Crippen LogP contribution in [0.25, 0.3) is 0 Å². The number of aromatic nitrogens is 2. The SMILES string of the molecule is CCCC(C)(C)NC(=O)c1c(N)c(C)nn1CC. The zero-order valence-corrected chi connectivity index (χ0v) is 12.0. The molecular formula is C13H24N4O. The number of nitrogens with zero attached hydrogens (tertiary/aromatic N) is 2. The van der Waals surface area contributed by atoms with E-state index in [0.29, 0.717) is 23.6 Å². The van der Waals surface area contributed by atoms with Gasteiger partial charge in [0.1, 0.15) is 5.69 Å². The van der Waals surface area contributed by atoms with Crippen LogP contribution >= 0.6 is 0 Å². The van der Waals surface area contributed by atoms with Crippen molar-refractivity contribution in [3.8, 4) is 0 Å². The second-order valence-electron chi connectivity index (χ2n) is 5.25. The van der Waals surface area contributed by atoms with Gasteiger partial charge in [0.25, 0.3) is 5.91 Å². The molecule has 0 saturated heterocycles. The smallest absolute Gasteiger partial charge is 0.272 e. The van der Waals surface area contributed by atoms with Gasteiger partial charge in [-0.25, -0.2) is 0 Å². The van der Waals surface area contributed by atoms with Crippen molar-refractivity contribution in [2.45, 2.75) is 59.5 Å². The van der Waals surface area contributed by atoms with Crippen molar-refractivity contribution in [1.29, 1.82) is 0 Å². The van der Waals surface area contributed by atoms with Crippen molar-refractivity contribution in [2.75, 3.05) is 5.73 Å². The second kappa shape index (κ2) is 5.42. The van der Waals surface area contributed by atoms with E-state index < -0.39 is 0 Å². The summed E-state index contributed by atoms with van der Waals surface area (Å²) in [5.41, 5.74) is 7.35. The molecule has 5 heteroatoms. The number of hydrogen-bond donors (Lipinski definition) is 2. The van der Waals surface area contributed by atoms with Crippen LogP contribution in [0.2, 0.25) is 0 Å². The first-order valence-electron chi connectivity index (χ1n) is 6.47. The third-order valence-corrected chi connectivity index (χ3v) is 3.02. The second-order valence-corrected chi connectivity index (χ2v) is 5.25.